The first-order chi connectivity index (χ1) is 13.1. The third-order valence-electron chi connectivity index (χ3n) is 6.61. The largest absolute Gasteiger partial charge is 0.379 e. The average molecular weight is 372 g/mol. The lowest BCUT2D eigenvalue weighted by molar-refractivity contribution is -0.00553. The van der Waals surface area contributed by atoms with E-state index in [-0.39, 0.29) is 0 Å². The van der Waals surface area contributed by atoms with Crippen LogP contribution in [-0.2, 0) is 11.2 Å². The summed E-state index contributed by atoms with van der Waals surface area (Å²) in [6.45, 7) is 15.1. The number of piperazine rings is 1. The van der Waals surface area contributed by atoms with Gasteiger partial charge >= 0.3 is 0 Å². The van der Waals surface area contributed by atoms with Crippen molar-refractivity contribution in [1.82, 2.24) is 14.7 Å². The van der Waals surface area contributed by atoms with E-state index in [0.29, 0.717) is 11.5 Å². The Labute approximate surface area is 165 Å². The minimum atomic E-state index is 0.313. The van der Waals surface area contributed by atoms with Crippen molar-refractivity contribution in [2.24, 2.45) is 5.41 Å². The normalized spacial score (nSPS) is 28.4. The number of fused-ring (bicyclic) bond motifs is 1. The van der Waals surface area contributed by atoms with E-state index < -0.39 is 0 Å². The van der Waals surface area contributed by atoms with Crippen molar-refractivity contribution in [1.29, 1.82) is 0 Å². The molecular weight excluding hydrogens is 334 g/mol. The summed E-state index contributed by atoms with van der Waals surface area (Å²) < 4.78 is 5.54. The zero-order chi connectivity index (χ0) is 18.7. The molecule has 150 valence electrons. The fourth-order valence-corrected chi connectivity index (χ4v) is 5.39. The molecule has 0 aromatic heterocycles. The van der Waals surface area contributed by atoms with Crippen LogP contribution in [0.25, 0.3) is 0 Å². The Morgan fingerprint density at radius 1 is 1.00 bits per heavy atom. The number of ether oxygens (including phenoxy) is 1. The van der Waals surface area contributed by atoms with Gasteiger partial charge in [0.25, 0.3) is 0 Å². The summed E-state index contributed by atoms with van der Waals surface area (Å²) in [6.07, 6.45) is 3.95. The van der Waals surface area contributed by atoms with E-state index in [9.17, 15) is 0 Å². The first-order valence-corrected chi connectivity index (χ1v) is 10.9. The second-order valence-electron chi connectivity index (χ2n) is 9.62. The van der Waals surface area contributed by atoms with Crippen LogP contribution in [-0.4, -0.2) is 85.8 Å². The maximum atomic E-state index is 5.54. The van der Waals surface area contributed by atoms with Crippen LogP contribution in [0.5, 0.6) is 0 Å². The van der Waals surface area contributed by atoms with Crippen molar-refractivity contribution in [3.63, 3.8) is 0 Å². The Hall–Kier alpha value is -0.940. The predicted molar refractivity (Wildman–Crippen MR) is 111 cm³/mol. The Balaban J connectivity index is 1.43. The van der Waals surface area contributed by atoms with Gasteiger partial charge in [0.15, 0.2) is 0 Å². The minimum Gasteiger partial charge on any atom is -0.379 e. The minimum absolute atomic E-state index is 0.313. The van der Waals surface area contributed by atoms with E-state index >= 15 is 0 Å². The van der Waals surface area contributed by atoms with Gasteiger partial charge in [0.05, 0.1) is 13.2 Å². The van der Waals surface area contributed by atoms with Gasteiger partial charge in [0.2, 0.25) is 0 Å². The van der Waals surface area contributed by atoms with Gasteiger partial charge in [-0.2, -0.15) is 0 Å². The number of hydrogen-bond donors (Lipinski definition) is 0. The van der Waals surface area contributed by atoms with E-state index in [2.05, 4.69) is 58.9 Å². The molecule has 1 aromatic carbocycles. The van der Waals surface area contributed by atoms with Crippen LogP contribution >= 0.6 is 0 Å². The highest BCUT2D eigenvalue weighted by atomic mass is 16.5. The van der Waals surface area contributed by atoms with Crippen molar-refractivity contribution in [2.75, 3.05) is 59.0 Å². The van der Waals surface area contributed by atoms with Gasteiger partial charge in [-0.15, -0.1) is 0 Å². The van der Waals surface area contributed by atoms with Crippen molar-refractivity contribution in [3.05, 3.63) is 35.9 Å². The third kappa shape index (κ3) is 5.11. The molecule has 0 N–H and O–H groups in total. The van der Waals surface area contributed by atoms with Crippen LogP contribution < -0.4 is 0 Å². The molecule has 3 aliphatic rings. The molecule has 0 saturated carbocycles. The Bertz CT molecular complexity index is 585. The lowest BCUT2D eigenvalue weighted by atomic mass is 9.89. The average Bonchev–Trinajstić information content (AvgIpc) is 3.10. The van der Waals surface area contributed by atoms with Crippen molar-refractivity contribution in [2.45, 2.75) is 45.2 Å². The topological polar surface area (TPSA) is 19.0 Å². The number of hydrogen-bond acceptors (Lipinski definition) is 4. The molecule has 3 aliphatic heterocycles. The monoisotopic (exact) mass is 371 g/mol. The van der Waals surface area contributed by atoms with Crippen molar-refractivity contribution in [3.8, 4) is 0 Å². The molecule has 4 rings (SSSR count). The van der Waals surface area contributed by atoms with Crippen LogP contribution in [0, 0.1) is 5.41 Å². The molecule has 0 amide bonds. The maximum Gasteiger partial charge on any atom is 0.0594 e. The molecule has 4 nitrogen and oxygen atoms in total. The molecule has 0 radical (unpaired) electrons. The van der Waals surface area contributed by atoms with Gasteiger partial charge in [-0.3, -0.25) is 14.7 Å². The molecular formula is C23H37N3O. The molecule has 0 spiro atoms. The van der Waals surface area contributed by atoms with E-state index in [1.54, 1.807) is 0 Å². The molecule has 4 heteroatoms. The quantitative estimate of drug-likeness (QED) is 0.765. The van der Waals surface area contributed by atoms with E-state index in [1.165, 1.54) is 57.5 Å². The number of rotatable bonds is 6. The maximum absolute atomic E-state index is 5.54. The van der Waals surface area contributed by atoms with Crippen LogP contribution in [0.15, 0.2) is 30.3 Å². The molecule has 0 unspecified atom stereocenters. The van der Waals surface area contributed by atoms with Gasteiger partial charge in [0.1, 0.15) is 0 Å². The summed E-state index contributed by atoms with van der Waals surface area (Å²) in [7, 11) is 0. The second-order valence-corrected chi connectivity index (χ2v) is 9.62. The highest BCUT2D eigenvalue weighted by Crippen LogP contribution is 2.29. The van der Waals surface area contributed by atoms with Gasteiger partial charge in [-0.05, 0) is 36.8 Å². The second kappa shape index (κ2) is 8.60. The summed E-state index contributed by atoms with van der Waals surface area (Å²) in [5.74, 6) is 0. The van der Waals surface area contributed by atoms with Crippen LogP contribution in [0.1, 0.15) is 32.3 Å². The molecule has 3 fully saturated rings. The molecule has 0 bridgehead atoms. The van der Waals surface area contributed by atoms with Gasteiger partial charge in [-0.1, -0.05) is 44.2 Å². The van der Waals surface area contributed by atoms with Crippen molar-refractivity contribution < 1.29 is 4.74 Å². The Morgan fingerprint density at radius 2 is 1.78 bits per heavy atom. The first-order valence-electron chi connectivity index (χ1n) is 10.9. The summed E-state index contributed by atoms with van der Waals surface area (Å²) in [5, 5.41) is 0. The first kappa shape index (κ1) is 19.4. The molecule has 0 aliphatic carbocycles. The molecule has 27 heavy (non-hydrogen) atoms. The number of nitrogens with zero attached hydrogens (tertiary/aromatic N) is 3. The van der Waals surface area contributed by atoms with Gasteiger partial charge in [0, 0.05) is 51.4 Å². The molecule has 3 saturated heterocycles. The standard InChI is InChI=1S/C23H37N3O/c1-23(2,18-24-11-13-27-14-12-24)19-26-16-21-9-6-10-25(21)17-22(26)15-20-7-4-3-5-8-20/h3-5,7-8,21-22H,6,9-19H2,1-2H3/t21-,22-/m0/s1. The SMILES string of the molecule is CC(C)(CN1CCOCC1)CN1C[C@@H]2CCCN2C[C@@H]1Cc1ccccc1. The molecule has 2 atom stereocenters. The van der Waals surface area contributed by atoms with Crippen molar-refractivity contribution >= 4 is 0 Å². The zero-order valence-electron chi connectivity index (χ0n) is 17.3. The summed E-state index contributed by atoms with van der Waals surface area (Å²) in [4.78, 5) is 8.19. The van der Waals surface area contributed by atoms with Gasteiger partial charge in [-0.25, -0.2) is 0 Å². The summed E-state index contributed by atoms with van der Waals surface area (Å²) >= 11 is 0. The fourth-order valence-electron chi connectivity index (χ4n) is 5.39. The van der Waals surface area contributed by atoms with E-state index in [4.69, 9.17) is 4.74 Å². The smallest absolute Gasteiger partial charge is 0.0594 e. The highest BCUT2D eigenvalue weighted by Gasteiger charge is 2.38. The summed E-state index contributed by atoms with van der Waals surface area (Å²) in [6, 6.07) is 12.5. The van der Waals surface area contributed by atoms with Crippen LogP contribution in [0.3, 0.4) is 0 Å². The molecule has 3 heterocycles. The highest BCUT2D eigenvalue weighted by molar-refractivity contribution is 5.16. The lowest BCUT2D eigenvalue weighted by Gasteiger charge is -2.47. The molecule has 1 aromatic rings. The number of morpholine rings is 1. The summed E-state index contributed by atoms with van der Waals surface area (Å²) in [5.41, 5.74) is 1.80. The van der Waals surface area contributed by atoms with E-state index in [0.717, 1.165) is 32.3 Å². The zero-order valence-corrected chi connectivity index (χ0v) is 17.3. The Morgan fingerprint density at radius 3 is 2.56 bits per heavy atom. The predicted octanol–water partition coefficient (Wildman–Crippen LogP) is 2.74. The van der Waals surface area contributed by atoms with Crippen LogP contribution in [0.4, 0.5) is 0 Å². The fraction of sp³-hybridized carbons (Fsp3) is 0.739. The number of benzene rings is 1. The Kier molecular flexibility index (Phi) is 6.18. The lowest BCUT2D eigenvalue weighted by Crippen LogP contribution is -2.59. The van der Waals surface area contributed by atoms with Gasteiger partial charge < -0.3 is 4.74 Å². The van der Waals surface area contributed by atoms with E-state index in [1.807, 2.05) is 0 Å². The van der Waals surface area contributed by atoms with Crippen LogP contribution in [0.2, 0.25) is 0 Å². The third-order valence-corrected chi connectivity index (χ3v) is 6.61.